The molecule has 0 aromatic carbocycles. The molecule has 0 radical (unpaired) electrons. The normalized spacial score (nSPS) is 21.2. The first kappa shape index (κ1) is 9.78. The van der Waals surface area contributed by atoms with Crippen LogP contribution in [0.25, 0.3) is 0 Å². The standard InChI is InChI=1S/C9H15NOS/c1-4-5-6-7-9(2,3)12-8(11)10-7/h4-6H2,1-3H3. The predicted octanol–water partition coefficient (Wildman–Crippen LogP) is 3.26. The van der Waals surface area contributed by atoms with Gasteiger partial charge >= 0.3 is 5.24 Å². The molecular formula is C9H15NOS. The maximum absolute atomic E-state index is 11.0. The number of thioether (sulfide) groups is 1. The summed E-state index contributed by atoms with van der Waals surface area (Å²) in [6.07, 6.45) is 3.27. The molecule has 0 aromatic rings. The van der Waals surface area contributed by atoms with Gasteiger partial charge in [-0.1, -0.05) is 25.1 Å². The maximum Gasteiger partial charge on any atom is 0.305 e. The summed E-state index contributed by atoms with van der Waals surface area (Å²) < 4.78 is -0.0494. The summed E-state index contributed by atoms with van der Waals surface area (Å²) in [7, 11) is 0. The third-order valence-corrected chi connectivity index (χ3v) is 3.04. The van der Waals surface area contributed by atoms with Gasteiger partial charge in [0.1, 0.15) is 0 Å². The molecule has 0 aliphatic carbocycles. The highest BCUT2D eigenvalue weighted by atomic mass is 32.2. The first-order valence-electron chi connectivity index (χ1n) is 4.37. The minimum atomic E-state index is -0.0494. The molecule has 1 amide bonds. The van der Waals surface area contributed by atoms with Crippen LogP contribution in [0.1, 0.15) is 40.0 Å². The van der Waals surface area contributed by atoms with Crippen LogP contribution < -0.4 is 0 Å². The summed E-state index contributed by atoms with van der Waals surface area (Å²) in [4.78, 5) is 15.0. The van der Waals surface area contributed by atoms with E-state index in [1.54, 1.807) is 0 Å². The summed E-state index contributed by atoms with van der Waals surface area (Å²) in [5.41, 5.74) is 1.07. The number of hydrogen-bond acceptors (Lipinski definition) is 2. The van der Waals surface area contributed by atoms with Crippen molar-refractivity contribution in [1.82, 2.24) is 0 Å². The molecule has 0 unspecified atom stereocenters. The molecule has 1 aliphatic rings. The van der Waals surface area contributed by atoms with Crippen LogP contribution in [0.4, 0.5) is 4.79 Å². The van der Waals surface area contributed by atoms with Crippen molar-refractivity contribution in [2.75, 3.05) is 0 Å². The van der Waals surface area contributed by atoms with Crippen LogP contribution in [-0.2, 0) is 0 Å². The van der Waals surface area contributed by atoms with Gasteiger partial charge in [0.05, 0.1) is 4.75 Å². The largest absolute Gasteiger partial charge is 0.305 e. The van der Waals surface area contributed by atoms with Gasteiger partial charge < -0.3 is 0 Å². The van der Waals surface area contributed by atoms with Crippen molar-refractivity contribution in [1.29, 1.82) is 0 Å². The molecule has 12 heavy (non-hydrogen) atoms. The Morgan fingerprint density at radius 1 is 1.50 bits per heavy atom. The van der Waals surface area contributed by atoms with Crippen LogP contribution in [0.5, 0.6) is 0 Å². The Kier molecular flexibility index (Phi) is 2.94. The van der Waals surface area contributed by atoms with Gasteiger partial charge in [0.25, 0.3) is 0 Å². The van der Waals surface area contributed by atoms with Crippen molar-refractivity contribution >= 4 is 22.7 Å². The topological polar surface area (TPSA) is 29.4 Å². The van der Waals surface area contributed by atoms with E-state index in [1.807, 2.05) is 0 Å². The van der Waals surface area contributed by atoms with Gasteiger partial charge in [-0.05, 0) is 26.7 Å². The molecule has 0 spiro atoms. The lowest BCUT2D eigenvalue weighted by atomic mass is 10.0. The summed E-state index contributed by atoms with van der Waals surface area (Å²) in [6, 6.07) is 0. The van der Waals surface area contributed by atoms with E-state index in [-0.39, 0.29) is 9.99 Å². The Morgan fingerprint density at radius 3 is 2.58 bits per heavy atom. The molecule has 2 nitrogen and oxygen atoms in total. The Morgan fingerprint density at radius 2 is 2.17 bits per heavy atom. The van der Waals surface area contributed by atoms with E-state index in [0.717, 1.165) is 25.0 Å². The van der Waals surface area contributed by atoms with Crippen LogP contribution in [0.15, 0.2) is 4.99 Å². The van der Waals surface area contributed by atoms with E-state index < -0.39 is 0 Å². The predicted molar refractivity (Wildman–Crippen MR) is 54.0 cm³/mol. The number of hydrogen-bond donors (Lipinski definition) is 0. The van der Waals surface area contributed by atoms with Gasteiger partial charge in [0.2, 0.25) is 0 Å². The highest BCUT2D eigenvalue weighted by Crippen LogP contribution is 2.35. The quantitative estimate of drug-likeness (QED) is 0.675. The third kappa shape index (κ3) is 2.09. The summed E-state index contributed by atoms with van der Waals surface area (Å²) in [5, 5.41) is -0.0221. The number of aliphatic imine (C=N–C) groups is 1. The maximum atomic E-state index is 11.0. The smallest absolute Gasteiger partial charge is 0.259 e. The van der Waals surface area contributed by atoms with E-state index >= 15 is 0 Å². The average molecular weight is 185 g/mol. The second kappa shape index (κ2) is 3.60. The van der Waals surface area contributed by atoms with Gasteiger partial charge in [-0.25, -0.2) is 4.99 Å². The molecule has 0 saturated carbocycles. The van der Waals surface area contributed by atoms with Gasteiger partial charge in [0.15, 0.2) is 0 Å². The van der Waals surface area contributed by atoms with Gasteiger partial charge in [0, 0.05) is 5.71 Å². The molecule has 3 heteroatoms. The van der Waals surface area contributed by atoms with Crippen molar-refractivity contribution in [2.45, 2.75) is 44.8 Å². The number of amides is 1. The fourth-order valence-electron chi connectivity index (χ4n) is 1.25. The third-order valence-electron chi connectivity index (χ3n) is 2.03. The number of rotatable bonds is 3. The number of carbonyl (C=O) groups is 1. The Balaban J connectivity index is 2.61. The summed E-state index contributed by atoms with van der Waals surface area (Å²) >= 11 is 1.34. The van der Waals surface area contributed by atoms with Crippen molar-refractivity contribution in [3.63, 3.8) is 0 Å². The van der Waals surface area contributed by atoms with Gasteiger partial charge in [-0.2, -0.15) is 0 Å². The Labute approximate surface area is 77.8 Å². The van der Waals surface area contributed by atoms with E-state index in [1.165, 1.54) is 11.8 Å². The van der Waals surface area contributed by atoms with Gasteiger partial charge in [-0.3, -0.25) is 4.79 Å². The number of unbranched alkanes of at least 4 members (excludes halogenated alkanes) is 1. The van der Waals surface area contributed by atoms with Crippen molar-refractivity contribution in [3.8, 4) is 0 Å². The Bertz CT molecular complexity index is 221. The fourth-order valence-corrected chi connectivity index (χ4v) is 2.10. The minimum Gasteiger partial charge on any atom is -0.259 e. The first-order valence-corrected chi connectivity index (χ1v) is 5.19. The zero-order chi connectivity index (χ0) is 9.19. The number of nitrogens with zero attached hydrogens (tertiary/aromatic N) is 1. The second-order valence-electron chi connectivity index (χ2n) is 3.54. The van der Waals surface area contributed by atoms with Gasteiger partial charge in [-0.15, -0.1) is 0 Å². The van der Waals surface area contributed by atoms with Crippen molar-refractivity contribution in [3.05, 3.63) is 0 Å². The molecule has 0 atom stereocenters. The zero-order valence-electron chi connectivity index (χ0n) is 7.89. The zero-order valence-corrected chi connectivity index (χ0v) is 8.70. The molecule has 68 valence electrons. The Hall–Kier alpha value is -0.310. The highest BCUT2D eigenvalue weighted by Gasteiger charge is 2.34. The molecule has 0 N–H and O–H groups in total. The van der Waals surface area contributed by atoms with E-state index in [0.29, 0.717) is 0 Å². The van der Waals surface area contributed by atoms with Crippen LogP contribution in [-0.4, -0.2) is 15.7 Å². The lowest BCUT2D eigenvalue weighted by Gasteiger charge is -2.17. The SMILES string of the molecule is CCCCC1=NC(=O)SC1(C)C. The molecule has 1 rings (SSSR count). The van der Waals surface area contributed by atoms with E-state index in [2.05, 4.69) is 25.8 Å². The molecule has 0 fully saturated rings. The summed E-state index contributed by atoms with van der Waals surface area (Å²) in [5.74, 6) is 0. The van der Waals surface area contributed by atoms with E-state index in [4.69, 9.17) is 0 Å². The number of carbonyl (C=O) groups excluding carboxylic acids is 1. The second-order valence-corrected chi connectivity index (χ2v) is 5.11. The summed E-state index contributed by atoms with van der Waals surface area (Å²) in [6.45, 7) is 6.28. The molecule has 0 aromatic heterocycles. The monoisotopic (exact) mass is 185 g/mol. The molecule has 1 aliphatic heterocycles. The minimum absolute atomic E-state index is 0.0221. The van der Waals surface area contributed by atoms with Crippen LogP contribution in [0, 0.1) is 0 Å². The lowest BCUT2D eigenvalue weighted by Crippen LogP contribution is -2.23. The van der Waals surface area contributed by atoms with Crippen molar-refractivity contribution in [2.24, 2.45) is 4.99 Å². The van der Waals surface area contributed by atoms with Crippen LogP contribution in [0.2, 0.25) is 0 Å². The van der Waals surface area contributed by atoms with E-state index in [9.17, 15) is 4.79 Å². The first-order chi connectivity index (χ1) is 5.56. The van der Waals surface area contributed by atoms with Crippen LogP contribution >= 0.6 is 11.8 Å². The molecule has 0 saturated heterocycles. The molecule has 1 heterocycles. The van der Waals surface area contributed by atoms with Crippen molar-refractivity contribution < 1.29 is 4.79 Å². The molecular weight excluding hydrogens is 170 g/mol. The van der Waals surface area contributed by atoms with Crippen LogP contribution in [0.3, 0.4) is 0 Å². The fraction of sp³-hybridized carbons (Fsp3) is 0.778. The lowest BCUT2D eigenvalue weighted by molar-refractivity contribution is 0.268. The average Bonchev–Trinajstić information content (AvgIpc) is 2.20. The highest BCUT2D eigenvalue weighted by molar-refractivity contribution is 8.15. The molecule has 0 bridgehead atoms.